The molecule has 0 unspecified atom stereocenters. The molecular formula is C12H17N3O. The summed E-state index contributed by atoms with van der Waals surface area (Å²) in [6.45, 7) is 4.41. The number of hydrogen-bond donors (Lipinski definition) is 2. The summed E-state index contributed by atoms with van der Waals surface area (Å²) in [5.41, 5.74) is 7.60. The molecule has 4 heteroatoms. The maximum absolute atomic E-state index is 11.6. The maximum Gasteiger partial charge on any atom is 0.231 e. The molecule has 0 radical (unpaired) electrons. The molecule has 1 aromatic carbocycles. The quantitative estimate of drug-likeness (QED) is 0.588. The first-order valence-electron chi connectivity index (χ1n) is 5.27. The Morgan fingerprint density at radius 2 is 2.12 bits per heavy atom. The topological polar surface area (TPSA) is 67.5 Å². The number of carbonyl (C=O) groups is 1. The summed E-state index contributed by atoms with van der Waals surface area (Å²) in [5, 5.41) is 2.55. The van der Waals surface area contributed by atoms with E-state index in [9.17, 15) is 4.79 Å². The number of nitrogens with zero attached hydrogens (tertiary/aromatic N) is 1. The zero-order valence-corrected chi connectivity index (χ0v) is 9.66. The van der Waals surface area contributed by atoms with Gasteiger partial charge in [0.2, 0.25) is 5.91 Å². The van der Waals surface area contributed by atoms with E-state index in [2.05, 4.69) is 10.3 Å². The Bertz CT molecular complexity index is 399. The van der Waals surface area contributed by atoms with Gasteiger partial charge in [-0.25, -0.2) is 0 Å². The second-order valence-corrected chi connectivity index (χ2v) is 3.51. The number of hydrogen-bond acceptors (Lipinski definition) is 2. The second-order valence-electron chi connectivity index (χ2n) is 3.51. The van der Waals surface area contributed by atoms with Gasteiger partial charge in [-0.15, -0.1) is 0 Å². The van der Waals surface area contributed by atoms with E-state index in [1.54, 1.807) is 0 Å². The van der Waals surface area contributed by atoms with Crippen molar-refractivity contribution in [1.29, 1.82) is 0 Å². The molecule has 3 N–H and O–H groups in total. The molecular weight excluding hydrogens is 202 g/mol. The van der Waals surface area contributed by atoms with Gasteiger partial charge in [0.15, 0.2) is 5.96 Å². The molecule has 0 aliphatic rings. The Balaban J connectivity index is 2.59. The predicted octanol–water partition coefficient (Wildman–Crippen LogP) is 0.988. The van der Waals surface area contributed by atoms with Gasteiger partial charge in [-0.05, 0) is 25.0 Å². The summed E-state index contributed by atoms with van der Waals surface area (Å²) in [6, 6.07) is 7.77. The van der Waals surface area contributed by atoms with Gasteiger partial charge in [0.25, 0.3) is 0 Å². The van der Waals surface area contributed by atoms with E-state index in [4.69, 9.17) is 5.73 Å². The normalized spacial score (nSPS) is 11.2. The standard InChI is InChI=1S/C12H17N3O/c1-3-14-12(13)15-11(16)8-10-7-5-4-6-9(10)2/h4-7H,3,8H2,1-2H3,(H3,13,14,15,16). The number of benzene rings is 1. The summed E-state index contributed by atoms with van der Waals surface area (Å²) in [5.74, 6) is 0.0464. The van der Waals surface area contributed by atoms with Crippen LogP contribution in [0.5, 0.6) is 0 Å². The summed E-state index contributed by atoms with van der Waals surface area (Å²) in [4.78, 5) is 15.5. The Kier molecular flexibility index (Phi) is 4.51. The van der Waals surface area contributed by atoms with Gasteiger partial charge in [-0.2, -0.15) is 0 Å². The zero-order chi connectivity index (χ0) is 12.0. The van der Waals surface area contributed by atoms with E-state index in [-0.39, 0.29) is 11.9 Å². The molecule has 1 rings (SSSR count). The predicted molar refractivity (Wildman–Crippen MR) is 65.2 cm³/mol. The maximum atomic E-state index is 11.6. The highest BCUT2D eigenvalue weighted by Gasteiger charge is 2.05. The molecule has 0 aromatic heterocycles. The number of amides is 1. The highest BCUT2D eigenvalue weighted by molar-refractivity contribution is 5.97. The van der Waals surface area contributed by atoms with E-state index in [0.29, 0.717) is 13.0 Å². The van der Waals surface area contributed by atoms with Crippen LogP contribution in [0.3, 0.4) is 0 Å². The number of aliphatic imine (C=N–C) groups is 1. The number of rotatable bonds is 3. The van der Waals surface area contributed by atoms with Crippen LogP contribution in [0.15, 0.2) is 29.3 Å². The molecule has 0 atom stereocenters. The van der Waals surface area contributed by atoms with Gasteiger partial charge in [0.1, 0.15) is 0 Å². The smallest absolute Gasteiger partial charge is 0.231 e. The molecule has 0 bridgehead atoms. The molecule has 86 valence electrons. The third kappa shape index (κ3) is 3.73. The van der Waals surface area contributed by atoms with Gasteiger partial charge in [-0.3, -0.25) is 15.1 Å². The zero-order valence-electron chi connectivity index (χ0n) is 9.66. The molecule has 16 heavy (non-hydrogen) atoms. The highest BCUT2D eigenvalue weighted by atomic mass is 16.1. The van der Waals surface area contributed by atoms with E-state index < -0.39 is 0 Å². The molecule has 1 amide bonds. The summed E-state index contributed by atoms with van der Waals surface area (Å²) in [7, 11) is 0. The number of nitrogens with one attached hydrogen (secondary N) is 1. The largest absolute Gasteiger partial charge is 0.370 e. The van der Waals surface area contributed by atoms with Crippen LogP contribution in [0.2, 0.25) is 0 Å². The molecule has 0 heterocycles. The van der Waals surface area contributed by atoms with Crippen LogP contribution < -0.4 is 11.1 Å². The second kappa shape index (κ2) is 5.90. The van der Waals surface area contributed by atoms with Crippen molar-refractivity contribution in [1.82, 2.24) is 5.32 Å². The lowest BCUT2D eigenvalue weighted by Gasteiger charge is -2.06. The van der Waals surface area contributed by atoms with Gasteiger partial charge in [-0.1, -0.05) is 24.3 Å². The van der Waals surface area contributed by atoms with Gasteiger partial charge < -0.3 is 5.73 Å². The summed E-state index contributed by atoms with van der Waals surface area (Å²) < 4.78 is 0. The number of aryl methyl sites for hydroxylation is 1. The van der Waals surface area contributed by atoms with Crippen LogP contribution >= 0.6 is 0 Å². The lowest BCUT2D eigenvalue weighted by atomic mass is 10.1. The fraction of sp³-hybridized carbons (Fsp3) is 0.333. The van der Waals surface area contributed by atoms with Crippen molar-refractivity contribution in [3.63, 3.8) is 0 Å². The first kappa shape index (κ1) is 12.2. The van der Waals surface area contributed by atoms with Gasteiger partial charge >= 0.3 is 0 Å². The molecule has 0 fully saturated rings. The Morgan fingerprint density at radius 1 is 1.44 bits per heavy atom. The minimum Gasteiger partial charge on any atom is -0.370 e. The van der Waals surface area contributed by atoms with E-state index in [0.717, 1.165) is 11.1 Å². The monoisotopic (exact) mass is 219 g/mol. The van der Waals surface area contributed by atoms with Crippen molar-refractivity contribution in [3.05, 3.63) is 35.4 Å². The Labute approximate surface area is 95.6 Å². The summed E-state index contributed by atoms with van der Waals surface area (Å²) >= 11 is 0. The molecule has 0 saturated heterocycles. The number of carbonyl (C=O) groups excluding carboxylic acids is 1. The first-order chi connectivity index (χ1) is 7.63. The van der Waals surface area contributed by atoms with Crippen molar-refractivity contribution >= 4 is 11.9 Å². The van der Waals surface area contributed by atoms with Crippen LogP contribution in [-0.4, -0.2) is 18.4 Å². The fourth-order valence-corrected chi connectivity index (χ4v) is 1.38. The van der Waals surface area contributed by atoms with Crippen molar-refractivity contribution in [3.8, 4) is 0 Å². The van der Waals surface area contributed by atoms with Crippen LogP contribution in [0.1, 0.15) is 18.1 Å². The molecule has 0 saturated carbocycles. The van der Waals surface area contributed by atoms with Crippen molar-refractivity contribution in [2.45, 2.75) is 20.3 Å². The van der Waals surface area contributed by atoms with Crippen molar-refractivity contribution < 1.29 is 4.79 Å². The molecule has 0 spiro atoms. The average Bonchev–Trinajstić information content (AvgIpc) is 2.21. The van der Waals surface area contributed by atoms with Crippen molar-refractivity contribution in [2.24, 2.45) is 10.7 Å². The lowest BCUT2D eigenvalue weighted by Crippen LogP contribution is -2.37. The Hall–Kier alpha value is -1.84. The lowest BCUT2D eigenvalue weighted by molar-refractivity contribution is -0.119. The van der Waals surface area contributed by atoms with Crippen LogP contribution in [0.4, 0.5) is 0 Å². The Morgan fingerprint density at radius 3 is 2.75 bits per heavy atom. The minimum atomic E-state index is -0.135. The van der Waals surface area contributed by atoms with Crippen molar-refractivity contribution in [2.75, 3.05) is 6.54 Å². The molecule has 1 aromatic rings. The van der Waals surface area contributed by atoms with E-state index in [1.165, 1.54) is 0 Å². The fourth-order valence-electron chi connectivity index (χ4n) is 1.38. The van der Waals surface area contributed by atoms with Crippen LogP contribution in [0.25, 0.3) is 0 Å². The minimum absolute atomic E-state index is 0.135. The third-order valence-electron chi connectivity index (χ3n) is 2.21. The van der Waals surface area contributed by atoms with Crippen LogP contribution in [-0.2, 0) is 11.2 Å². The van der Waals surface area contributed by atoms with E-state index in [1.807, 2.05) is 38.1 Å². The molecule has 0 aliphatic carbocycles. The average molecular weight is 219 g/mol. The number of nitrogens with two attached hydrogens (primary N) is 1. The SMILES string of the molecule is CCN=C(N)NC(=O)Cc1ccccc1C. The van der Waals surface area contributed by atoms with E-state index >= 15 is 0 Å². The first-order valence-corrected chi connectivity index (χ1v) is 5.27. The van der Waals surface area contributed by atoms with Gasteiger partial charge in [0, 0.05) is 6.54 Å². The molecule has 4 nitrogen and oxygen atoms in total. The third-order valence-corrected chi connectivity index (χ3v) is 2.21. The summed E-state index contributed by atoms with van der Waals surface area (Å²) in [6.07, 6.45) is 0.326. The molecule has 0 aliphatic heterocycles. The van der Waals surface area contributed by atoms with Crippen LogP contribution in [0, 0.1) is 6.92 Å². The van der Waals surface area contributed by atoms with Gasteiger partial charge in [0.05, 0.1) is 6.42 Å². The highest BCUT2D eigenvalue weighted by Crippen LogP contribution is 2.07. The number of guanidine groups is 1.